The molecule has 0 spiro atoms. The normalized spacial score (nSPS) is 14.0. The monoisotopic (exact) mass is 296 g/mol. The zero-order valence-corrected chi connectivity index (χ0v) is 14.0. The topological polar surface area (TPSA) is 36.9 Å². The summed E-state index contributed by atoms with van der Waals surface area (Å²) in [6.45, 7) is 10.7. The summed E-state index contributed by atoms with van der Waals surface area (Å²) in [5, 5.41) is 0. The number of benzene rings is 1. The Morgan fingerprint density at radius 3 is 2.00 bits per heavy atom. The van der Waals surface area contributed by atoms with Gasteiger partial charge in [0.05, 0.1) is 0 Å². The van der Waals surface area contributed by atoms with Crippen molar-refractivity contribution in [3.8, 4) is 11.5 Å². The molecule has 0 bridgehead atoms. The van der Waals surface area contributed by atoms with Gasteiger partial charge in [-0.05, 0) is 45.2 Å². The third-order valence-corrected chi connectivity index (χ3v) is 3.02. The predicted molar refractivity (Wildman–Crippen MR) is 83.8 cm³/mol. The van der Waals surface area contributed by atoms with E-state index in [9.17, 15) is 0 Å². The number of hydrogen-bond acceptors (Lipinski definition) is 4. The number of ether oxygens (including phenoxy) is 4. The molecule has 1 aromatic carbocycles. The van der Waals surface area contributed by atoms with E-state index in [4.69, 9.17) is 18.9 Å². The first-order valence-corrected chi connectivity index (χ1v) is 7.57. The third-order valence-electron chi connectivity index (χ3n) is 3.02. The first kappa shape index (κ1) is 17.8. The number of hydrogen-bond donors (Lipinski definition) is 0. The molecule has 0 fully saturated rings. The Morgan fingerprint density at radius 2 is 1.52 bits per heavy atom. The summed E-state index contributed by atoms with van der Waals surface area (Å²) in [6, 6.07) is 5.83. The summed E-state index contributed by atoms with van der Waals surface area (Å²) in [4.78, 5) is 0. The Morgan fingerprint density at radius 1 is 0.952 bits per heavy atom. The van der Waals surface area contributed by atoms with Crippen LogP contribution in [0.15, 0.2) is 18.2 Å². The molecule has 0 saturated heterocycles. The van der Waals surface area contributed by atoms with Crippen LogP contribution in [0.25, 0.3) is 0 Å². The Balaban J connectivity index is 3.01. The van der Waals surface area contributed by atoms with E-state index in [0.29, 0.717) is 12.5 Å². The van der Waals surface area contributed by atoms with Crippen LogP contribution < -0.4 is 9.47 Å². The average Bonchev–Trinajstić information content (AvgIpc) is 2.42. The lowest BCUT2D eigenvalue weighted by atomic mass is 10.0. The number of methoxy groups -OCH3 is 1. The van der Waals surface area contributed by atoms with Gasteiger partial charge in [0.2, 0.25) is 0 Å². The highest BCUT2D eigenvalue weighted by molar-refractivity contribution is 5.45. The fraction of sp³-hybridized carbons (Fsp3) is 0.647. The molecule has 120 valence electrons. The van der Waals surface area contributed by atoms with E-state index in [1.54, 1.807) is 7.11 Å². The lowest BCUT2D eigenvalue weighted by molar-refractivity contribution is -0.0626. The molecule has 0 radical (unpaired) electrons. The molecule has 0 amide bonds. The largest absolute Gasteiger partial charge is 0.465 e. The minimum absolute atomic E-state index is 0.281. The first-order valence-electron chi connectivity index (χ1n) is 7.57. The van der Waals surface area contributed by atoms with Gasteiger partial charge in [-0.1, -0.05) is 19.9 Å². The van der Waals surface area contributed by atoms with Crippen LogP contribution in [-0.2, 0) is 15.9 Å². The van der Waals surface area contributed by atoms with Gasteiger partial charge in [0.1, 0.15) is 11.5 Å². The highest BCUT2D eigenvalue weighted by atomic mass is 16.7. The van der Waals surface area contributed by atoms with Gasteiger partial charge in [-0.2, -0.15) is 0 Å². The molecule has 1 rings (SSSR count). The van der Waals surface area contributed by atoms with Crippen molar-refractivity contribution in [1.29, 1.82) is 0 Å². The van der Waals surface area contributed by atoms with Crippen LogP contribution in [0.3, 0.4) is 0 Å². The minimum Gasteiger partial charge on any atom is -0.465 e. The number of rotatable bonds is 9. The first-order chi connectivity index (χ1) is 9.97. The highest BCUT2D eigenvalue weighted by Crippen LogP contribution is 2.32. The third kappa shape index (κ3) is 5.94. The Labute approximate surface area is 128 Å². The van der Waals surface area contributed by atoms with Crippen LogP contribution in [0.5, 0.6) is 11.5 Å². The quantitative estimate of drug-likeness (QED) is 0.645. The second-order valence-corrected chi connectivity index (χ2v) is 5.39. The maximum absolute atomic E-state index is 5.90. The van der Waals surface area contributed by atoms with Crippen molar-refractivity contribution in [2.75, 3.05) is 13.7 Å². The molecule has 2 unspecified atom stereocenters. The molecule has 0 aliphatic heterocycles. The van der Waals surface area contributed by atoms with E-state index >= 15 is 0 Å². The Kier molecular flexibility index (Phi) is 7.54. The molecule has 1 aromatic rings. The summed E-state index contributed by atoms with van der Waals surface area (Å²) in [5.74, 6) is 2.11. The second kappa shape index (κ2) is 8.90. The van der Waals surface area contributed by atoms with E-state index in [1.807, 2.05) is 39.0 Å². The Hall–Kier alpha value is -1.26. The van der Waals surface area contributed by atoms with Gasteiger partial charge in [-0.3, -0.25) is 0 Å². The fourth-order valence-electron chi connectivity index (χ4n) is 2.05. The maximum atomic E-state index is 5.90. The zero-order valence-electron chi connectivity index (χ0n) is 14.0. The van der Waals surface area contributed by atoms with Crippen molar-refractivity contribution in [3.63, 3.8) is 0 Å². The Bertz CT molecular complexity index is 417. The van der Waals surface area contributed by atoms with Crippen LogP contribution in [0.2, 0.25) is 0 Å². The van der Waals surface area contributed by atoms with Crippen molar-refractivity contribution < 1.29 is 18.9 Å². The van der Waals surface area contributed by atoms with E-state index in [-0.39, 0.29) is 12.6 Å². The van der Waals surface area contributed by atoms with Gasteiger partial charge in [-0.25, -0.2) is 0 Å². The van der Waals surface area contributed by atoms with E-state index in [0.717, 1.165) is 23.5 Å². The molecule has 0 N–H and O–H groups in total. The van der Waals surface area contributed by atoms with Gasteiger partial charge in [0.15, 0.2) is 12.6 Å². The smallest absolute Gasteiger partial charge is 0.196 e. The van der Waals surface area contributed by atoms with Gasteiger partial charge in [0, 0.05) is 19.3 Å². The summed E-state index contributed by atoms with van der Waals surface area (Å²) in [7, 11) is 1.63. The van der Waals surface area contributed by atoms with Crippen LogP contribution in [0, 0.1) is 5.92 Å². The highest BCUT2D eigenvalue weighted by Gasteiger charge is 2.16. The summed E-state index contributed by atoms with van der Waals surface area (Å²) in [5.41, 5.74) is 1.06. The van der Waals surface area contributed by atoms with Crippen molar-refractivity contribution in [2.45, 2.75) is 53.6 Å². The summed E-state index contributed by atoms with van der Waals surface area (Å²) >= 11 is 0. The molecular formula is C17H28O4. The van der Waals surface area contributed by atoms with E-state index in [2.05, 4.69) is 13.8 Å². The maximum Gasteiger partial charge on any atom is 0.196 e. The molecule has 2 atom stereocenters. The summed E-state index contributed by atoms with van der Waals surface area (Å²) in [6.07, 6.45) is 0.298. The molecule has 0 aliphatic carbocycles. The van der Waals surface area contributed by atoms with Gasteiger partial charge < -0.3 is 18.9 Å². The zero-order chi connectivity index (χ0) is 15.8. The lowest BCUT2D eigenvalue weighted by Gasteiger charge is -2.22. The SMILES string of the molecule is CCOC(C)Oc1cccc(OC(C)OC)c1CC(C)C. The van der Waals surface area contributed by atoms with Crippen LogP contribution in [-0.4, -0.2) is 26.3 Å². The minimum atomic E-state index is -0.296. The van der Waals surface area contributed by atoms with Crippen molar-refractivity contribution in [2.24, 2.45) is 5.92 Å². The molecule has 0 saturated carbocycles. The molecular weight excluding hydrogens is 268 g/mol. The standard InChI is InChI=1S/C17H28O4/c1-7-19-14(5)21-17-10-8-9-16(20-13(4)18-6)15(17)11-12(2)3/h8-10,12-14H,7,11H2,1-6H3. The van der Waals surface area contributed by atoms with Crippen LogP contribution >= 0.6 is 0 Å². The molecule has 0 heterocycles. The molecule has 0 aromatic heterocycles. The van der Waals surface area contributed by atoms with Crippen LogP contribution in [0.4, 0.5) is 0 Å². The van der Waals surface area contributed by atoms with Gasteiger partial charge in [0.25, 0.3) is 0 Å². The van der Waals surface area contributed by atoms with Crippen molar-refractivity contribution in [1.82, 2.24) is 0 Å². The molecule has 4 heteroatoms. The van der Waals surface area contributed by atoms with Crippen molar-refractivity contribution >= 4 is 0 Å². The van der Waals surface area contributed by atoms with Crippen molar-refractivity contribution in [3.05, 3.63) is 23.8 Å². The summed E-state index contributed by atoms with van der Waals surface area (Å²) < 4.78 is 22.4. The molecule has 21 heavy (non-hydrogen) atoms. The second-order valence-electron chi connectivity index (χ2n) is 5.39. The van der Waals surface area contributed by atoms with E-state index in [1.165, 1.54) is 0 Å². The van der Waals surface area contributed by atoms with Crippen LogP contribution in [0.1, 0.15) is 40.2 Å². The van der Waals surface area contributed by atoms with Gasteiger partial charge >= 0.3 is 0 Å². The average molecular weight is 296 g/mol. The fourth-order valence-corrected chi connectivity index (χ4v) is 2.05. The van der Waals surface area contributed by atoms with E-state index < -0.39 is 0 Å². The predicted octanol–water partition coefficient (Wildman–Crippen LogP) is 4.02. The lowest BCUT2D eigenvalue weighted by Crippen LogP contribution is -2.19. The van der Waals surface area contributed by atoms with Gasteiger partial charge in [-0.15, -0.1) is 0 Å². The molecule has 4 nitrogen and oxygen atoms in total. The molecule has 0 aliphatic rings.